The van der Waals surface area contributed by atoms with Crippen LogP contribution in [0.2, 0.25) is 0 Å². The largest absolute Gasteiger partial charge is 0.328 e. The molecule has 0 saturated heterocycles. The Hall–Kier alpha value is 0.310. The molecule has 0 heterocycles. The van der Waals surface area contributed by atoms with E-state index in [1.165, 1.54) is 31.4 Å². The summed E-state index contributed by atoms with van der Waals surface area (Å²) in [6.45, 7) is 0. The van der Waals surface area contributed by atoms with Gasteiger partial charge >= 0.3 is 0 Å². The first kappa shape index (κ1) is 9.40. The maximum Gasteiger partial charge on any atom is 0.00390 e. The fraction of sp³-hybridized carbons (Fsp3) is 1.00. The molecule has 0 unspecified atom stereocenters. The third-order valence-electron chi connectivity index (χ3n) is 2.51. The Morgan fingerprint density at radius 1 is 1.18 bits per heavy atom. The van der Waals surface area contributed by atoms with Crippen molar-refractivity contribution in [3.63, 3.8) is 0 Å². The van der Waals surface area contributed by atoms with Gasteiger partial charge in [0.05, 0.1) is 0 Å². The Labute approximate surface area is 73.1 Å². The van der Waals surface area contributed by atoms with Crippen molar-refractivity contribution in [2.75, 3.05) is 18.3 Å². The third-order valence-corrected chi connectivity index (χ3v) is 3.76. The van der Waals surface area contributed by atoms with Crippen LogP contribution in [-0.4, -0.2) is 24.3 Å². The molecule has 0 aromatic heterocycles. The fourth-order valence-corrected chi connectivity index (χ4v) is 3.29. The maximum atomic E-state index is 5.83. The molecule has 0 bridgehead atoms. The van der Waals surface area contributed by atoms with Gasteiger partial charge in [-0.15, -0.1) is 0 Å². The normalized spacial score (nSPS) is 33.5. The Balaban J connectivity index is 2.17. The van der Waals surface area contributed by atoms with Crippen molar-refractivity contribution in [1.29, 1.82) is 0 Å². The molecule has 1 aliphatic carbocycles. The summed E-state index contributed by atoms with van der Waals surface area (Å²) in [6.07, 6.45) is 10.1. The zero-order chi connectivity index (χ0) is 8.27. The molecule has 0 radical (unpaired) electrons. The van der Waals surface area contributed by atoms with Crippen molar-refractivity contribution in [2.24, 2.45) is 11.7 Å². The van der Waals surface area contributed by atoms with Crippen molar-refractivity contribution >= 4 is 10.9 Å². The van der Waals surface area contributed by atoms with Crippen LogP contribution in [0.15, 0.2) is 0 Å². The predicted molar refractivity (Wildman–Crippen MR) is 55.6 cm³/mol. The molecule has 11 heavy (non-hydrogen) atoms. The van der Waals surface area contributed by atoms with Crippen LogP contribution < -0.4 is 5.73 Å². The summed E-state index contributed by atoms with van der Waals surface area (Å²) in [4.78, 5) is 0. The number of rotatable bonds is 2. The van der Waals surface area contributed by atoms with Crippen molar-refractivity contribution < 1.29 is 0 Å². The molecule has 1 fully saturated rings. The highest BCUT2D eigenvalue weighted by atomic mass is 32.2. The first-order valence-corrected chi connectivity index (χ1v) is 7.01. The topological polar surface area (TPSA) is 26.0 Å². The quantitative estimate of drug-likeness (QED) is 0.615. The Morgan fingerprint density at radius 3 is 2.18 bits per heavy atom. The first-order valence-electron chi connectivity index (χ1n) is 4.59. The molecule has 0 atom stereocenters. The number of thiol groups is 1. The molecule has 2 N–H and O–H groups in total. The van der Waals surface area contributed by atoms with Crippen LogP contribution in [0.1, 0.15) is 25.7 Å². The van der Waals surface area contributed by atoms with Gasteiger partial charge in [-0.1, -0.05) is 0 Å². The smallest absolute Gasteiger partial charge is 0.00390 e. The van der Waals surface area contributed by atoms with Gasteiger partial charge in [-0.25, -0.2) is 0 Å². The van der Waals surface area contributed by atoms with Crippen LogP contribution in [0.25, 0.3) is 0 Å². The zero-order valence-electron chi connectivity index (χ0n) is 7.71. The van der Waals surface area contributed by atoms with E-state index in [0.29, 0.717) is 16.9 Å². The highest BCUT2D eigenvalue weighted by molar-refractivity contribution is 8.15. The van der Waals surface area contributed by atoms with Crippen molar-refractivity contribution in [1.82, 2.24) is 0 Å². The van der Waals surface area contributed by atoms with Crippen LogP contribution in [0.5, 0.6) is 0 Å². The lowest BCUT2D eigenvalue weighted by Crippen LogP contribution is -2.27. The van der Waals surface area contributed by atoms with Crippen molar-refractivity contribution in [3.8, 4) is 0 Å². The zero-order valence-corrected chi connectivity index (χ0v) is 8.61. The van der Waals surface area contributed by atoms with Gasteiger partial charge in [0.15, 0.2) is 0 Å². The summed E-state index contributed by atoms with van der Waals surface area (Å²) in [6, 6.07) is 0.520. The maximum absolute atomic E-state index is 5.83. The van der Waals surface area contributed by atoms with Gasteiger partial charge < -0.3 is 5.73 Å². The minimum absolute atomic E-state index is 0.322. The van der Waals surface area contributed by atoms with E-state index in [0.717, 1.165) is 5.92 Å². The van der Waals surface area contributed by atoms with E-state index >= 15 is 0 Å². The Kier molecular flexibility index (Phi) is 3.73. The van der Waals surface area contributed by atoms with E-state index < -0.39 is 0 Å². The van der Waals surface area contributed by atoms with Crippen molar-refractivity contribution in [3.05, 3.63) is 0 Å². The second-order valence-electron chi connectivity index (χ2n) is 4.04. The average molecular weight is 175 g/mol. The van der Waals surface area contributed by atoms with E-state index in [-0.39, 0.29) is 0 Å². The van der Waals surface area contributed by atoms with Crippen LogP contribution >= 0.6 is 10.9 Å². The Morgan fingerprint density at radius 2 is 1.73 bits per heavy atom. The second-order valence-corrected chi connectivity index (χ2v) is 6.57. The van der Waals surface area contributed by atoms with Gasteiger partial charge in [0.25, 0.3) is 0 Å². The molecule has 0 amide bonds. The minimum atomic E-state index is 0.322. The van der Waals surface area contributed by atoms with E-state index in [9.17, 15) is 0 Å². The highest BCUT2D eigenvalue weighted by Gasteiger charge is 2.18. The molecule has 0 aliphatic heterocycles. The van der Waals surface area contributed by atoms with Crippen molar-refractivity contribution in [2.45, 2.75) is 31.7 Å². The van der Waals surface area contributed by atoms with Gasteiger partial charge in [0, 0.05) is 6.04 Å². The predicted octanol–water partition coefficient (Wildman–Crippen LogP) is 1.76. The van der Waals surface area contributed by atoms with Crippen LogP contribution in [0, 0.1) is 5.92 Å². The minimum Gasteiger partial charge on any atom is -0.328 e. The highest BCUT2D eigenvalue weighted by Crippen LogP contribution is 2.29. The van der Waals surface area contributed by atoms with Gasteiger partial charge in [-0.2, -0.15) is 0 Å². The van der Waals surface area contributed by atoms with E-state index in [2.05, 4.69) is 12.5 Å². The lowest BCUT2D eigenvalue weighted by atomic mass is 9.88. The summed E-state index contributed by atoms with van der Waals surface area (Å²) in [5.74, 6) is 2.48. The molecule has 68 valence electrons. The third kappa shape index (κ3) is 3.48. The summed E-state index contributed by atoms with van der Waals surface area (Å²) in [5, 5.41) is 0. The van der Waals surface area contributed by atoms with Crippen LogP contribution in [-0.2, 0) is 0 Å². The standard InChI is InChI=1S/C9H21NS/c1-11(2)7-8-3-5-9(10)6-4-8/h8-9,11H,3-7,10H2,1-2H3/t8-,9-. The molecule has 0 aromatic rings. The van der Waals surface area contributed by atoms with Gasteiger partial charge in [-0.05, 0) is 49.9 Å². The summed E-state index contributed by atoms with van der Waals surface area (Å²) in [5.41, 5.74) is 5.83. The molecule has 1 aliphatic rings. The van der Waals surface area contributed by atoms with Gasteiger partial charge in [-0.3, -0.25) is 10.9 Å². The second kappa shape index (κ2) is 4.36. The summed E-state index contributed by atoms with van der Waals surface area (Å²) in [7, 11) is 0.322. The van der Waals surface area contributed by atoms with Gasteiger partial charge in [0.1, 0.15) is 0 Å². The average Bonchev–Trinajstić information content (AvgIpc) is 1.93. The van der Waals surface area contributed by atoms with Gasteiger partial charge in [0.2, 0.25) is 0 Å². The number of nitrogens with two attached hydrogens (primary N) is 1. The SMILES string of the molecule is C[SH](C)C[C@H]1CC[C@H](N)CC1. The van der Waals surface area contributed by atoms with E-state index in [1.54, 1.807) is 0 Å². The lowest BCUT2D eigenvalue weighted by molar-refractivity contribution is 0.352. The molecule has 1 rings (SSSR count). The van der Waals surface area contributed by atoms with E-state index in [1.807, 2.05) is 0 Å². The van der Waals surface area contributed by atoms with Crippen LogP contribution in [0.3, 0.4) is 0 Å². The molecule has 1 nitrogen and oxygen atoms in total. The molecule has 0 aromatic carbocycles. The fourth-order valence-electron chi connectivity index (χ4n) is 1.89. The lowest BCUT2D eigenvalue weighted by Gasteiger charge is -2.28. The number of hydrogen-bond acceptors (Lipinski definition) is 1. The molecular weight excluding hydrogens is 154 g/mol. The molecule has 2 heteroatoms. The summed E-state index contributed by atoms with van der Waals surface area (Å²) >= 11 is 0. The molecule has 1 saturated carbocycles. The Bertz CT molecular complexity index is 106. The first-order chi connectivity index (χ1) is 5.18. The number of hydrogen-bond donors (Lipinski definition) is 2. The molecule has 0 spiro atoms. The van der Waals surface area contributed by atoms with Crippen LogP contribution in [0.4, 0.5) is 0 Å². The molecular formula is C9H21NS. The summed E-state index contributed by atoms with van der Waals surface area (Å²) < 4.78 is 0. The van der Waals surface area contributed by atoms with E-state index in [4.69, 9.17) is 5.73 Å². The monoisotopic (exact) mass is 175 g/mol.